The summed E-state index contributed by atoms with van der Waals surface area (Å²) in [4.78, 5) is 27.8. The second kappa shape index (κ2) is 7.96. The largest absolute Gasteiger partial charge is 0.338 e. The lowest BCUT2D eigenvalue weighted by Gasteiger charge is -2.24. The van der Waals surface area contributed by atoms with Crippen LogP contribution in [0.2, 0.25) is 0 Å². The highest BCUT2D eigenvalue weighted by molar-refractivity contribution is 7.10. The number of thiophene rings is 1. The maximum absolute atomic E-state index is 12.5. The molecule has 0 radical (unpaired) electrons. The Labute approximate surface area is 153 Å². The molecule has 4 heteroatoms. The second-order valence-corrected chi connectivity index (χ2v) is 7.79. The van der Waals surface area contributed by atoms with Gasteiger partial charge in [-0.05, 0) is 61.2 Å². The third kappa shape index (κ3) is 4.18. The summed E-state index contributed by atoms with van der Waals surface area (Å²) < 4.78 is 0. The first-order valence-electron chi connectivity index (χ1n) is 9.00. The number of amides is 1. The first kappa shape index (κ1) is 17.9. The summed E-state index contributed by atoms with van der Waals surface area (Å²) in [5.41, 5.74) is 3.44. The fourth-order valence-corrected chi connectivity index (χ4v) is 4.21. The number of carbonyl (C=O) groups excluding carboxylic acids is 2. The number of Topliss-reactive ketones (excluding diaryl/α,β-unsaturated/α-hetero) is 1. The van der Waals surface area contributed by atoms with E-state index in [1.165, 1.54) is 24.0 Å². The summed E-state index contributed by atoms with van der Waals surface area (Å²) in [6, 6.07) is 10.1. The molecular weight excluding hydrogens is 330 g/mol. The fourth-order valence-electron chi connectivity index (χ4n) is 3.38. The molecule has 0 spiro atoms. The van der Waals surface area contributed by atoms with Gasteiger partial charge in [0.05, 0.1) is 6.04 Å². The Kier molecular flexibility index (Phi) is 5.69. The lowest BCUT2D eigenvalue weighted by molar-refractivity contribution is -0.131. The van der Waals surface area contributed by atoms with Gasteiger partial charge in [-0.15, -0.1) is 11.3 Å². The van der Waals surface area contributed by atoms with Crippen LogP contribution in [0.3, 0.4) is 0 Å². The summed E-state index contributed by atoms with van der Waals surface area (Å²) in [5.74, 6) is 0.0890. The normalized spacial score (nSPS) is 14.6. The van der Waals surface area contributed by atoms with E-state index in [-0.39, 0.29) is 30.6 Å². The minimum absolute atomic E-state index is 0.0206. The molecule has 3 rings (SSSR count). The molecular formula is C21H25NO2S. The molecule has 3 nitrogen and oxygen atoms in total. The van der Waals surface area contributed by atoms with E-state index in [4.69, 9.17) is 0 Å². The number of benzene rings is 1. The number of nitrogens with zero attached hydrogens (tertiary/aromatic N) is 1. The zero-order chi connectivity index (χ0) is 17.8. The van der Waals surface area contributed by atoms with Gasteiger partial charge in [-0.1, -0.05) is 18.2 Å². The van der Waals surface area contributed by atoms with Gasteiger partial charge in [-0.2, -0.15) is 0 Å². The smallest absolute Gasteiger partial charge is 0.223 e. The number of ketones is 1. The predicted octanol–water partition coefficient (Wildman–Crippen LogP) is 4.81. The van der Waals surface area contributed by atoms with Crippen LogP contribution in [0.15, 0.2) is 35.7 Å². The molecule has 1 aliphatic carbocycles. The highest BCUT2D eigenvalue weighted by atomic mass is 32.1. The van der Waals surface area contributed by atoms with Crippen LogP contribution in [0.25, 0.3) is 0 Å². The van der Waals surface area contributed by atoms with Crippen LogP contribution in [-0.4, -0.2) is 23.6 Å². The van der Waals surface area contributed by atoms with Crippen molar-refractivity contribution < 1.29 is 9.59 Å². The second-order valence-electron chi connectivity index (χ2n) is 6.81. The van der Waals surface area contributed by atoms with E-state index in [1.54, 1.807) is 16.2 Å². The third-order valence-electron chi connectivity index (χ3n) is 5.17. The minimum atomic E-state index is 0.0206. The van der Waals surface area contributed by atoms with Gasteiger partial charge in [0.2, 0.25) is 5.91 Å². The predicted molar refractivity (Wildman–Crippen MR) is 102 cm³/mol. The average Bonchev–Trinajstić information content (AvgIpc) is 3.18. The van der Waals surface area contributed by atoms with E-state index in [9.17, 15) is 9.59 Å². The molecule has 0 bridgehead atoms. The highest BCUT2D eigenvalue weighted by Crippen LogP contribution is 2.25. The monoisotopic (exact) mass is 355 g/mol. The van der Waals surface area contributed by atoms with Crippen LogP contribution in [0.5, 0.6) is 0 Å². The fraction of sp³-hybridized carbons (Fsp3) is 0.429. The summed E-state index contributed by atoms with van der Waals surface area (Å²) in [7, 11) is 1.82. The molecule has 2 aromatic rings. The zero-order valence-electron chi connectivity index (χ0n) is 15.0. The Bertz CT molecular complexity index is 751. The van der Waals surface area contributed by atoms with Crippen LogP contribution in [0.1, 0.15) is 65.0 Å². The van der Waals surface area contributed by atoms with Crippen LogP contribution >= 0.6 is 11.3 Å². The highest BCUT2D eigenvalue weighted by Gasteiger charge is 2.20. The molecule has 1 amide bonds. The molecule has 132 valence electrons. The molecule has 1 heterocycles. The van der Waals surface area contributed by atoms with E-state index in [2.05, 4.69) is 6.07 Å². The summed E-state index contributed by atoms with van der Waals surface area (Å²) in [5, 5.41) is 2.02. The quantitative estimate of drug-likeness (QED) is 0.697. The summed E-state index contributed by atoms with van der Waals surface area (Å²) in [6.07, 6.45) is 5.17. The van der Waals surface area contributed by atoms with Crippen LogP contribution in [0, 0.1) is 0 Å². The lowest BCUT2D eigenvalue weighted by Crippen LogP contribution is -2.29. The lowest BCUT2D eigenvalue weighted by atomic mass is 9.89. The first-order valence-corrected chi connectivity index (χ1v) is 9.88. The molecule has 25 heavy (non-hydrogen) atoms. The summed E-state index contributed by atoms with van der Waals surface area (Å²) in [6.45, 7) is 2.02. The molecule has 1 aromatic heterocycles. The molecule has 1 unspecified atom stereocenters. The summed E-state index contributed by atoms with van der Waals surface area (Å²) >= 11 is 1.65. The first-order chi connectivity index (χ1) is 12.1. The maximum atomic E-state index is 12.5. The maximum Gasteiger partial charge on any atom is 0.223 e. The van der Waals surface area contributed by atoms with Gasteiger partial charge in [0, 0.05) is 30.3 Å². The van der Waals surface area contributed by atoms with Gasteiger partial charge in [-0.3, -0.25) is 9.59 Å². The van der Waals surface area contributed by atoms with Crippen molar-refractivity contribution in [3.8, 4) is 0 Å². The standard InChI is InChI=1S/C21H25NO2S/c1-15(20-8-5-13-25-20)22(2)21(24)12-11-19(23)18-10-9-16-6-3-4-7-17(16)14-18/h5,8-10,13-15H,3-4,6-7,11-12H2,1-2H3. The van der Waals surface area contributed by atoms with Gasteiger partial charge in [0.25, 0.3) is 0 Å². The third-order valence-corrected chi connectivity index (χ3v) is 6.21. The van der Waals surface area contributed by atoms with Crippen molar-refractivity contribution in [2.75, 3.05) is 7.05 Å². The SMILES string of the molecule is CC(c1cccs1)N(C)C(=O)CCC(=O)c1ccc2c(c1)CCCC2. The minimum Gasteiger partial charge on any atom is -0.338 e. The van der Waals surface area contributed by atoms with Crippen molar-refractivity contribution in [1.82, 2.24) is 4.90 Å². The van der Waals surface area contributed by atoms with Crippen LogP contribution in [0.4, 0.5) is 0 Å². The Hall–Kier alpha value is -1.94. The Morgan fingerprint density at radius 1 is 1.12 bits per heavy atom. The number of carbonyl (C=O) groups is 2. The average molecular weight is 356 g/mol. The molecule has 0 saturated heterocycles. The Balaban J connectivity index is 1.57. The number of aryl methyl sites for hydroxylation is 2. The number of hydrogen-bond acceptors (Lipinski definition) is 3. The van der Waals surface area contributed by atoms with Crippen molar-refractivity contribution in [3.63, 3.8) is 0 Å². The zero-order valence-corrected chi connectivity index (χ0v) is 15.8. The van der Waals surface area contributed by atoms with Gasteiger partial charge in [0.15, 0.2) is 5.78 Å². The Morgan fingerprint density at radius 2 is 1.88 bits per heavy atom. The molecule has 1 aromatic carbocycles. The van der Waals surface area contributed by atoms with Crippen molar-refractivity contribution in [3.05, 3.63) is 57.3 Å². The van der Waals surface area contributed by atoms with E-state index < -0.39 is 0 Å². The van der Waals surface area contributed by atoms with E-state index in [0.29, 0.717) is 0 Å². The van der Waals surface area contributed by atoms with Crippen LogP contribution in [-0.2, 0) is 17.6 Å². The van der Waals surface area contributed by atoms with Crippen molar-refractivity contribution in [2.24, 2.45) is 0 Å². The number of hydrogen-bond donors (Lipinski definition) is 0. The molecule has 0 aliphatic heterocycles. The van der Waals surface area contributed by atoms with Crippen LogP contribution < -0.4 is 0 Å². The van der Waals surface area contributed by atoms with Crippen molar-refractivity contribution in [1.29, 1.82) is 0 Å². The topological polar surface area (TPSA) is 37.4 Å². The van der Waals surface area contributed by atoms with Gasteiger partial charge in [0.1, 0.15) is 0 Å². The number of fused-ring (bicyclic) bond motifs is 1. The molecule has 1 aliphatic rings. The van der Waals surface area contributed by atoms with Gasteiger partial charge < -0.3 is 4.90 Å². The number of rotatable bonds is 6. The van der Waals surface area contributed by atoms with Gasteiger partial charge >= 0.3 is 0 Å². The molecule has 1 atom stereocenters. The molecule has 0 saturated carbocycles. The Morgan fingerprint density at radius 3 is 2.60 bits per heavy atom. The van der Waals surface area contributed by atoms with Gasteiger partial charge in [-0.25, -0.2) is 0 Å². The molecule has 0 N–H and O–H groups in total. The van der Waals surface area contributed by atoms with E-state index in [1.807, 2.05) is 43.6 Å². The van der Waals surface area contributed by atoms with E-state index in [0.717, 1.165) is 23.3 Å². The van der Waals surface area contributed by atoms with E-state index >= 15 is 0 Å². The van der Waals surface area contributed by atoms with Crippen molar-refractivity contribution >= 4 is 23.0 Å². The van der Waals surface area contributed by atoms with Crippen molar-refractivity contribution in [2.45, 2.75) is 51.5 Å². The molecule has 0 fully saturated rings.